The molecular formula is C21H19FN4O3. The smallest absolute Gasteiger partial charge is 0.268 e. The number of nitrogens with one attached hydrogen (secondary N) is 2. The Hall–Kier alpha value is -3.68. The number of carbonyl (C=O) groups is 2. The fourth-order valence-corrected chi connectivity index (χ4v) is 3.20. The number of nitrogens with zero attached hydrogens (tertiary/aromatic N) is 2. The maximum Gasteiger partial charge on any atom is 0.268 e. The van der Waals surface area contributed by atoms with E-state index in [0.717, 1.165) is 12.3 Å². The lowest BCUT2D eigenvalue weighted by Gasteiger charge is -2.17. The van der Waals surface area contributed by atoms with Gasteiger partial charge in [0.25, 0.3) is 11.8 Å². The number of aromatic amines is 1. The molecule has 148 valence electrons. The van der Waals surface area contributed by atoms with Gasteiger partial charge in [-0.05, 0) is 36.8 Å². The molecule has 0 bridgehead atoms. The third-order valence-corrected chi connectivity index (χ3v) is 4.66. The van der Waals surface area contributed by atoms with Gasteiger partial charge in [0.1, 0.15) is 17.3 Å². The zero-order valence-electron chi connectivity index (χ0n) is 15.5. The number of carbonyl (C=O) groups excluding carboxylic acids is 2. The molecule has 0 spiro atoms. The number of pyridine rings is 1. The summed E-state index contributed by atoms with van der Waals surface area (Å²) in [5.74, 6) is 0.0757. The zero-order valence-corrected chi connectivity index (χ0v) is 15.5. The first kappa shape index (κ1) is 18.7. The van der Waals surface area contributed by atoms with Gasteiger partial charge in [-0.15, -0.1) is 0 Å². The average molecular weight is 394 g/mol. The highest BCUT2D eigenvalue weighted by Gasteiger charge is 2.28. The van der Waals surface area contributed by atoms with Crippen molar-refractivity contribution in [3.63, 3.8) is 0 Å². The normalized spacial score (nSPS) is 15.9. The molecule has 8 heteroatoms. The van der Waals surface area contributed by atoms with E-state index in [2.05, 4.69) is 15.3 Å². The zero-order chi connectivity index (χ0) is 20.2. The number of amides is 2. The van der Waals surface area contributed by atoms with Crippen LogP contribution in [0.15, 0.2) is 60.9 Å². The Labute approximate surface area is 166 Å². The average Bonchev–Trinajstić information content (AvgIpc) is 3.38. The van der Waals surface area contributed by atoms with E-state index in [1.807, 2.05) is 6.07 Å². The topological polar surface area (TPSA) is 87.3 Å². The number of rotatable bonds is 5. The molecule has 1 saturated heterocycles. The highest BCUT2D eigenvalue weighted by Crippen LogP contribution is 2.21. The minimum atomic E-state index is -0.492. The van der Waals surface area contributed by atoms with Gasteiger partial charge in [-0.3, -0.25) is 9.59 Å². The molecule has 1 atom stereocenters. The predicted molar refractivity (Wildman–Crippen MR) is 103 cm³/mol. The van der Waals surface area contributed by atoms with Crippen LogP contribution in [0.2, 0.25) is 0 Å². The minimum absolute atomic E-state index is 0.114. The Kier molecular flexibility index (Phi) is 5.24. The Morgan fingerprint density at radius 3 is 2.72 bits per heavy atom. The van der Waals surface area contributed by atoms with Gasteiger partial charge in [-0.2, -0.15) is 0 Å². The number of ether oxygens (including phenoxy) is 1. The monoisotopic (exact) mass is 394 g/mol. The van der Waals surface area contributed by atoms with Crippen molar-refractivity contribution in [3.05, 3.63) is 78.0 Å². The van der Waals surface area contributed by atoms with Gasteiger partial charge in [0.15, 0.2) is 0 Å². The molecule has 2 amide bonds. The van der Waals surface area contributed by atoms with Crippen molar-refractivity contribution >= 4 is 11.8 Å². The summed E-state index contributed by atoms with van der Waals surface area (Å²) in [6, 6.07) is 13.2. The summed E-state index contributed by atoms with van der Waals surface area (Å²) in [6.45, 7) is 0.939. The third-order valence-electron chi connectivity index (χ3n) is 4.66. The SMILES string of the molecule is O=C(N[C@H]1CCN(C(=O)c2ccc(Oc3ccccn3)cc2)C1)c1cc(F)c[nH]1. The molecule has 2 N–H and O–H groups in total. The summed E-state index contributed by atoms with van der Waals surface area (Å²) in [7, 11) is 0. The number of halogens is 1. The van der Waals surface area contributed by atoms with Crippen LogP contribution in [0.4, 0.5) is 4.39 Å². The molecule has 0 aliphatic carbocycles. The van der Waals surface area contributed by atoms with Gasteiger partial charge in [0.2, 0.25) is 5.88 Å². The standard InChI is InChI=1S/C21H19FN4O3/c22-15-11-18(24-12-15)20(27)25-16-8-10-26(13-16)21(28)14-4-6-17(7-5-14)29-19-3-1-2-9-23-19/h1-7,9,11-12,16,24H,8,10,13H2,(H,25,27)/t16-/m0/s1. The molecule has 2 aromatic heterocycles. The fraction of sp³-hybridized carbons (Fsp3) is 0.190. The van der Waals surface area contributed by atoms with Crippen LogP contribution in [0.3, 0.4) is 0 Å². The van der Waals surface area contributed by atoms with Crippen LogP contribution in [0.25, 0.3) is 0 Å². The van der Waals surface area contributed by atoms with E-state index in [1.54, 1.807) is 47.5 Å². The number of hydrogen-bond acceptors (Lipinski definition) is 4. The van der Waals surface area contributed by atoms with Gasteiger partial charge in [0, 0.05) is 49.2 Å². The van der Waals surface area contributed by atoms with E-state index in [4.69, 9.17) is 4.74 Å². The number of likely N-dealkylation sites (tertiary alicyclic amines) is 1. The molecule has 3 heterocycles. The Bertz CT molecular complexity index is 1000. The molecule has 1 aromatic carbocycles. The van der Waals surface area contributed by atoms with E-state index in [1.165, 1.54) is 0 Å². The second kappa shape index (κ2) is 8.14. The number of hydrogen-bond donors (Lipinski definition) is 2. The van der Waals surface area contributed by atoms with E-state index in [-0.39, 0.29) is 23.6 Å². The minimum Gasteiger partial charge on any atom is -0.439 e. The van der Waals surface area contributed by atoms with Crippen molar-refractivity contribution in [1.29, 1.82) is 0 Å². The van der Waals surface area contributed by atoms with Crippen molar-refractivity contribution in [3.8, 4) is 11.6 Å². The van der Waals surface area contributed by atoms with E-state index in [9.17, 15) is 14.0 Å². The summed E-state index contributed by atoms with van der Waals surface area (Å²) in [6.07, 6.45) is 3.41. The van der Waals surface area contributed by atoms with Crippen LogP contribution in [0.1, 0.15) is 27.3 Å². The van der Waals surface area contributed by atoms with Crippen molar-refractivity contribution in [2.24, 2.45) is 0 Å². The van der Waals surface area contributed by atoms with Gasteiger partial charge >= 0.3 is 0 Å². The summed E-state index contributed by atoms with van der Waals surface area (Å²) in [5, 5.41) is 2.82. The molecular weight excluding hydrogens is 375 g/mol. The first-order chi connectivity index (χ1) is 14.1. The second-order valence-corrected chi connectivity index (χ2v) is 6.74. The summed E-state index contributed by atoms with van der Waals surface area (Å²) in [5.41, 5.74) is 0.701. The summed E-state index contributed by atoms with van der Waals surface area (Å²) < 4.78 is 18.7. The van der Waals surface area contributed by atoms with Crippen LogP contribution in [-0.4, -0.2) is 45.8 Å². The molecule has 29 heavy (non-hydrogen) atoms. The number of benzene rings is 1. The summed E-state index contributed by atoms with van der Waals surface area (Å²) >= 11 is 0. The van der Waals surface area contributed by atoms with Gasteiger partial charge in [-0.1, -0.05) is 6.07 Å². The predicted octanol–water partition coefficient (Wildman–Crippen LogP) is 2.99. The maximum atomic E-state index is 13.0. The lowest BCUT2D eigenvalue weighted by molar-refractivity contribution is 0.0783. The van der Waals surface area contributed by atoms with Gasteiger partial charge < -0.3 is 19.9 Å². The van der Waals surface area contributed by atoms with E-state index >= 15 is 0 Å². The maximum absolute atomic E-state index is 13.0. The van der Waals surface area contributed by atoms with Crippen LogP contribution < -0.4 is 10.1 Å². The Balaban J connectivity index is 1.33. The van der Waals surface area contributed by atoms with Gasteiger partial charge in [0.05, 0.1) is 0 Å². The first-order valence-electron chi connectivity index (χ1n) is 9.21. The molecule has 7 nitrogen and oxygen atoms in total. The fourth-order valence-electron chi connectivity index (χ4n) is 3.20. The third kappa shape index (κ3) is 4.43. The van der Waals surface area contributed by atoms with E-state index in [0.29, 0.717) is 36.7 Å². The Morgan fingerprint density at radius 1 is 1.21 bits per heavy atom. The van der Waals surface area contributed by atoms with Crippen molar-refractivity contribution in [1.82, 2.24) is 20.2 Å². The lowest BCUT2D eigenvalue weighted by Crippen LogP contribution is -2.38. The molecule has 1 aliphatic heterocycles. The lowest BCUT2D eigenvalue weighted by atomic mass is 10.2. The number of aromatic nitrogens is 2. The van der Waals surface area contributed by atoms with E-state index < -0.39 is 5.82 Å². The molecule has 0 saturated carbocycles. The molecule has 0 radical (unpaired) electrons. The van der Waals surface area contributed by atoms with Crippen LogP contribution in [-0.2, 0) is 0 Å². The second-order valence-electron chi connectivity index (χ2n) is 6.74. The molecule has 3 aromatic rings. The summed E-state index contributed by atoms with van der Waals surface area (Å²) in [4.78, 5) is 33.2. The van der Waals surface area contributed by atoms with Gasteiger partial charge in [-0.25, -0.2) is 9.37 Å². The number of H-pyrrole nitrogens is 1. The van der Waals surface area contributed by atoms with Crippen LogP contribution >= 0.6 is 0 Å². The first-order valence-corrected chi connectivity index (χ1v) is 9.21. The van der Waals surface area contributed by atoms with Crippen LogP contribution in [0, 0.1) is 5.82 Å². The van der Waals surface area contributed by atoms with Crippen molar-refractivity contribution < 1.29 is 18.7 Å². The Morgan fingerprint density at radius 2 is 2.03 bits per heavy atom. The molecule has 1 aliphatic rings. The quantitative estimate of drug-likeness (QED) is 0.697. The molecule has 0 unspecified atom stereocenters. The largest absolute Gasteiger partial charge is 0.439 e. The molecule has 4 rings (SSSR count). The highest BCUT2D eigenvalue weighted by atomic mass is 19.1. The van der Waals surface area contributed by atoms with Crippen molar-refractivity contribution in [2.75, 3.05) is 13.1 Å². The molecule has 1 fully saturated rings. The van der Waals surface area contributed by atoms with Crippen LogP contribution in [0.5, 0.6) is 11.6 Å². The van der Waals surface area contributed by atoms with Crippen molar-refractivity contribution in [2.45, 2.75) is 12.5 Å². The highest BCUT2D eigenvalue weighted by molar-refractivity contribution is 5.95.